The molecule has 5 nitrogen and oxygen atoms in total. The number of nitrogens with one attached hydrogen (secondary N) is 1. The molecule has 0 aromatic rings. The van der Waals surface area contributed by atoms with Crippen LogP contribution in [-0.2, 0) is 9.47 Å². The van der Waals surface area contributed by atoms with E-state index in [2.05, 4.69) is 5.32 Å². The number of hydrogen-bond acceptors (Lipinski definition) is 4. The average molecular weight is 298 g/mol. The Kier molecular flexibility index (Phi) is 5.88. The second-order valence-electron chi connectivity index (χ2n) is 7.21. The molecule has 122 valence electrons. The molecule has 1 amide bonds. The van der Waals surface area contributed by atoms with Crippen LogP contribution in [-0.4, -0.2) is 55.5 Å². The van der Waals surface area contributed by atoms with E-state index < -0.39 is 5.60 Å². The van der Waals surface area contributed by atoms with Gasteiger partial charge in [0.25, 0.3) is 0 Å². The van der Waals surface area contributed by atoms with Gasteiger partial charge in [0.1, 0.15) is 5.60 Å². The maximum Gasteiger partial charge on any atom is 0.410 e. The minimum Gasteiger partial charge on any atom is -0.444 e. The van der Waals surface area contributed by atoms with Crippen molar-refractivity contribution in [3.8, 4) is 0 Å². The first-order valence-electron chi connectivity index (χ1n) is 8.24. The van der Waals surface area contributed by atoms with Gasteiger partial charge in [-0.1, -0.05) is 0 Å². The zero-order valence-corrected chi connectivity index (χ0v) is 13.7. The Labute approximate surface area is 128 Å². The van der Waals surface area contributed by atoms with Gasteiger partial charge in [0, 0.05) is 26.2 Å². The van der Waals surface area contributed by atoms with Crippen molar-refractivity contribution in [2.24, 2.45) is 5.92 Å². The van der Waals surface area contributed by atoms with Crippen LogP contribution >= 0.6 is 0 Å². The van der Waals surface area contributed by atoms with Crippen molar-refractivity contribution in [3.63, 3.8) is 0 Å². The highest BCUT2D eigenvalue weighted by atomic mass is 16.6. The van der Waals surface area contributed by atoms with Crippen LogP contribution < -0.4 is 5.32 Å². The molecule has 5 heteroatoms. The monoisotopic (exact) mass is 298 g/mol. The third-order valence-electron chi connectivity index (χ3n) is 4.07. The van der Waals surface area contributed by atoms with Gasteiger partial charge in [-0.05, 0) is 52.4 Å². The zero-order chi connectivity index (χ0) is 15.3. The van der Waals surface area contributed by atoms with E-state index in [9.17, 15) is 4.79 Å². The van der Waals surface area contributed by atoms with Gasteiger partial charge in [0.05, 0.1) is 12.7 Å². The Hall–Kier alpha value is -0.810. The molecular weight excluding hydrogens is 268 g/mol. The van der Waals surface area contributed by atoms with E-state index in [1.165, 1.54) is 6.42 Å². The Morgan fingerprint density at radius 2 is 2.19 bits per heavy atom. The summed E-state index contributed by atoms with van der Waals surface area (Å²) in [7, 11) is 0. The lowest BCUT2D eigenvalue weighted by atomic mass is 9.92. The minimum absolute atomic E-state index is 0.164. The van der Waals surface area contributed by atoms with Gasteiger partial charge in [-0.15, -0.1) is 0 Å². The van der Waals surface area contributed by atoms with E-state index in [-0.39, 0.29) is 6.09 Å². The van der Waals surface area contributed by atoms with Crippen LogP contribution in [0, 0.1) is 5.92 Å². The highest BCUT2D eigenvalue weighted by Crippen LogP contribution is 2.24. The molecule has 0 spiro atoms. The summed E-state index contributed by atoms with van der Waals surface area (Å²) in [5.41, 5.74) is -0.411. The predicted octanol–water partition coefficient (Wildman–Crippen LogP) is 2.40. The van der Waals surface area contributed by atoms with Crippen molar-refractivity contribution in [3.05, 3.63) is 0 Å². The van der Waals surface area contributed by atoms with Gasteiger partial charge in [-0.25, -0.2) is 4.79 Å². The van der Waals surface area contributed by atoms with Crippen molar-refractivity contribution in [1.29, 1.82) is 0 Å². The molecule has 0 aromatic carbocycles. The molecule has 21 heavy (non-hydrogen) atoms. The van der Waals surface area contributed by atoms with Crippen molar-refractivity contribution < 1.29 is 14.3 Å². The highest BCUT2D eigenvalue weighted by Gasteiger charge is 2.28. The first-order valence-corrected chi connectivity index (χ1v) is 8.24. The zero-order valence-electron chi connectivity index (χ0n) is 13.7. The second-order valence-corrected chi connectivity index (χ2v) is 7.21. The standard InChI is InChI=1S/C16H30N2O3/c1-16(2,3)21-15(19)18-9-4-5-13(12-18)6-7-14-11-17-8-10-20-14/h13-14,17H,4-12H2,1-3H3. The third kappa shape index (κ3) is 5.83. The molecule has 2 atom stereocenters. The lowest BCUT2D eigenvalue weighted by Crippen LogP contribution is -2.43. The molecule has 0 saturated carbocycles. The van der Waals surface area contributed by atoms with Crippen LogP contribution in [0.15, 0.2) is 0 Å². The first kappa shape index (κ1) is 16.6. The Morgan fingerprint density at radius 3 is 2.86 bits per heavy atom. The van der Waals surface area contributed by atoms with Crippen LogP contribution in [0.2, 0.25) is 0 Å². The van der Waals surface area contributed by atoms with E-state index in [1.54, 1.807) is 0 Å². The van der Waals surface area contributed by atoms with Crippen molar-refractivity contribution in [1.82, 2.24) is 10.2 Å². The van der Waals surface area contributed by atoms with Gasteiger partial charge >= 0.3 is 6.09 Å². The van der Waals surface area contributed by atoms with Crippen LogP contribution in [0.25, 0.3) is 0 Å². The third-order valence-corrected chi connectivity index (χ3v) is 4.07. The lowest BCUT2D eigenvalue weighted by Gasteiger charge is -2.35. The summed E-state index contributed by atoms with van der Waals surface area (Å²) in [6, 6.07) is 0. The van der Waals surface area contributed by atoms with Crippen LogP contribution in [0.1, 0.15) is 46.5 Å². The Bertz CT molecular complexity index is 335. The fourth-order valence-corrected chi connectivity index (χ4v) is 3.02. The first-order chi connectivity index (χ1) is 9.94. The summed E-state index contributed by atoms with van der Waals surface area (Å²) in [6.07, 6.45) is 4.68. The van der Waals surface area contributed by atoms with Crippen molar-refractivity contribution in [2.45, 2.75) is 58.2 Å². The molecular formula is C16H30N2O3. The Morgan fingerprint density at radius 1 is 1.38 bits per heavy atom. The van der Waals surface area contributed by atoms with Gasteiger partial charge in [0.2, 0.25) is 0 Å². The summed E-state index contributed by atoms with van der Waals surface area (Å²) < 4.78 is 11.2. The number of nitrogens with zero attached hydrogens (tertiary/aromatic N) is 1. The van der Waals surface area contributed by atoms with E-state index in [1.807, 2.05) is 25.7 Å². The fraction of sp³-hybridized carbons (Fsp3) is 0.938. The van der Waals surface area contributed by atoms with Crippen LogP contribution in [0.4, 0.5) is 4.79 Å². The number of likely N-dealkylation sites (tertiary alicyclic amines) is 1. The molecule has 0 radical (unpaired) electrons. The number of hydrogen-bond donors (Lipinski definition) is 1. The smallest absolute Gasteiger partial charge is 0.410 e. The van der Waals surface area contributed by atoms with Gasteiger partial charge in [-0.2, -0.15) is 0 Å². The van der Waals surface area contributed by atoms with E-state index in [4.69, 9.17) is 9.47 Å². The summed E-state index contributed by atoms with van der Waals surface area (Å²) in [6.45, 7) is 10.1. The quantitative estimate of drug-likeness (QED) is 0.869. The maximum atomic E-state index is 12.1. The molecule has 0 bridgehead atoms. The number of ether oxygens (including phenoxy) is 2. The highest BCUT2D eigenvalue weighted by molar-refractivity contribution is 5.68. The number of carbonyl (C=O) groups is 1. The van der Waals surface area contributed by atoms with Crippen LogP contribution in [0.5, 0.6) is 0 Å². The molecule has 0 aromatic heterocycles. The van der Waals surface area contributed by atoms with E-state index in [0.29, 0.717) is 12.0 Å². The summed E-state index contributed by atoms with van der Waals surface area (Å²) in [5, 5.41) is 3.37. The summed E-state index contributed by atoms with van der Waals surface area (Å²) >= 11 is 0. The summed E-state index contributed by atoms with van der Waals surface area (Å²) in [4.78, 5) is 14.0. The van der Waals surface area contributed by atoms with Crippen molar-refractivity contribution in [2.75, 3.05) is 32.8 Å². The molecule has 2 aliphatic heterocycles. The van der Waals surface area contributed by atoms with Crippen molar-refractivity contribution >= 4 is 6.09 Å². The topological polar surface area (TPSA) is 50.8 Å². The molecule has 2 unspecified atom stereocenters. The van der Waals surface area contributed by atoms with E-state index >= 15 is 0 Å². The van der Waals surface area contributed by atoms with E-state index in [0.717, 1.165) is 52.0 Å². The SMILES string of the molecule is CC(C)(C)OC(=O)N1CCCC(CCC2CNCCO2)C1. The molecule has 2 rings (SSSR count). The molecule has 2 aliphatic rings. The Balaban J connectivity index is 1.73. The summed E-state index contributed by atoms with van der Waals surface area (Å²) in [5.74, 6) is 0.580. The van der Waals surface area contributed by atoms with Crippen LogP contribution in [0.3, 0.4) is 0 Å². The normalized spacial score (nSPS) is 27.5. The lowest BCUT2D eigenvalue weighted by molar-refractivity contribution is 0.00800. The molecule has 2 saturated heterocycles. The number of morpholine rings is 1. The predicted molar refractivity (Wildman–Crippen MR) is 82.4 cm³/mol. The minimum atomic E-state index is -0.411. The maximum absolute atomic E-state index is 12.1. The average Bonchev–Trinajstić information content (AvgIpc) is 2.45. The fourth-order valence-electron chi connectivity index (χ4n) is 3.02. The molecule has 0 aliphatic carbocycles. The number of piperidine rings is 1. The van der Waals surface area contributed by atoms with Gasteiger partial charge in [0.15, 0.2) is 0 Å². The second kappa shape index (κ2) is 7.45. The number of amides is 1. The number of carbonyl (C=O) groups excluding carboxylic acids is 1. The molecule has 2 heterocycles. The molecule has 1 N–H and O–H groups in total. The van der Waals surface area contributed by atoms with Gasteiger partial charge < -0.3 is 19.7 Å². The largest absolute Gasteiger partial charge is 0.444 e. The molecule has 2 fully saturated rings. The number of rotatable bonds is 3. The van der Waals surface area contributed by atoms with Gasteiger partial charge in [-0.3, -0.25) is 0 Å².